The highest BCUT2D eigenvalue weighted by molar-refractivity contribution is 5.99. The number of carbonyl (C=O) groups excluding carboxylic acids is 1. The Kier molecular flexibility index (Phi) is 5.21. The Balaban J connectivity index is 2.01. The quantitative estimate of drug-likeness (QED) is 0.859. The van der Waals surface area contributed by atoms with Crippen LogP contribution in [0.5, 0.6) is 0 Å². The fraction of sp³-hybridized carbons (Fsp3) is 0.556. The second-order valence-corrected chi connectivity index (χ2v) is 6.26. The molecule has 0 radical (unpaired) electrons. The maximum Gasteiger partial charge on any atom is 0.250 e. The number of nitrogens with one attached hydrogen (secondary N) is 1. The van der Waals surface area contributed by atoms with Crippen LogP contribution in [0.3, 0.4) is 0 Å². The van der Waals surface area contributed by atoms with Crippen LogP contribution >= 0.6 is 0 Å². The smallest absolute Gasteiger partial charge is 0.250 e. The molecule has 1 aromatic heterocycles. The normalized spacial score (nSPS) is 18.9. The zero-order valence-corrected chi connectivity index (χ0v) is 13.8. The average Bonchev–Trinajstić information content (AvgIpc) is 3.01. The highest BCUT2D eigenvalue weighted by Crippen LogP contribution is 2.44. The predicted octanol–water partition coefficient (Wildman–Crippen LogP) is 3.16. The zero-order chi connectivity index (χ0) is 16.9. The zero-order valence-electron chi connectivity index (χ0n) is 13.8. The van der Waals surface area contributed by atoms with Gasteiger partial charge in [0.05, 0.1) is 13.2 Å². The van der Waals surface area contributed by atoms with Crippen molar-refractivity contribution in [2.75, 3.05) is 36.5 Å². The van der Waals surface area contributed by atoms with Crippen molar-refractivity contribution in [1.29, 1.82) is 5.26 Å². The van der Waals surface area contributed by atoms with Gasteiger partial charge in [-0.25, -0.2) is 0 Å². The number of amides is 1. The minimum absolute atomic E-state index is 0.257. The Morgan fingerprint density at radius 3 is 2.62 bits per heavy atom. The molecule has 1 saturated heterocycles. The first-order valence-electron chi connectivity index (χ1n) is 8.57. The first-order chi connectivity index (χ1) is 11.7. The van der Waals surface area contributed by atoms with E-state index in [9.17, 15) is 10.1 Å². The lowest BCUT2D eigenvalue weighted by atomic mass is 9.83. The van der Waals surface area contributed by atoms with Gasteiger partial charge in [-0.15, -0.1) is 0 Å². The number of ether oxygens (including phenoxy) is 1. The molecule has 1 N–H and O–H groups in total. The molecular weight excluding hydrogens is 306 g/mol. The molecule has 0 unspecified atom stereocenters. The van der Waals surface area contributed by atoms with E-state index in [2.05, 4.69) is 18.0 Å². The van der Waals surface area contributed by atoms with Crippen LogP contribution in [0.15, 0.2) is 17.1 Å². The van der Waals surface area contributed by atoms with Crippen LogP contribution < -0.4 is 10.2 Å². The third-order valence-electron chi connectivity index (χ3n) is 4.77. The van der Waals surface area contributed by atoms with Gasteiger partial charge >= 0.3 is 0 Å². The third kappa shape index (κ3) is 3.31. The van der Waals surface area contributed by atoms with Gasteiger partial charge in [0.25, 0.3) is 0 Å². The number of hydrogen-bond donors (Lipinski definition) is 1. The lowest BCUT2D eigenvalue weighted by molar-refractivity contribution is -0.112. The predicted molar refractivity (Wildman–Crippen MR) is 91.1 cm³/mol. The summed E-state index contributed by atoms with van der Waals surface area (Å²) in [6.07, 6.45) is 6.76. The topological polar surface area (TPSA) is 78.5 Å². The highest BCUT2D eigenvalue weighted by Gasteiger charge is 2.31. The van der Waals surface area contributed by atoms with Gasteiger partial charge in [0.2, 0.25) is 17.7 Å². The van der Waals surface area contributed by atoms with Crippen LogP contribution in [-0.4, -0.2) is 32.2 Å². The molecule has 1 aliphatic carbocycles. The van der Waals surface area contributed by atoms with Gasteiger partial charge in [0.1, 0.15) is 11.6 Å². The maximum absolute atomic E-state index is 11.8. The van der Waals surface area contributed by atoms with Crippen molar-refractivity contribution >= 4 is 17.7 Å². The minimum atomic E-state index is -0.321. The van der Waals surface area contributed by atoms with Gasteiger partial charge in [-0.1, -0.05) is 25.8 Å². The molecule has 128 valence electrons. The Hall–Kier alpha value is -2.26. The molecule has 1 amide bonds. The van der Waals surface area contributed by atoms with Gasteiger partial charge in [-0.3, -0.25) is 10.1 Å². The largest absolute Gasteiger partial charge is 0.423 e. The van der Waals surface area contributed by atoms with Gasteiger partial charge in [-0.2, -0.15) is 5.26 Å². The van der Waals surface area contributed by atoms with Crippen molar-refractivity contribution in [2.45, 2.75) is 38.0 Å². The molecule has 0 spiro atoms. The van der Waals surface area contributed by atoms with Crippen LogP contribution in [0, 0.1) is 11.3 Å². The second-order valence-electron chi connectivity index (χ2n) is 6.26. The number of nitrogens with zero attached hydrogens (tertiary/aromatic N) is 2. The van der Waals surface area contributed by atoms with Gasteiger partial charge in [-0.05, 0) is 24.8 Å². The van der Waals surface area contributed by atoms with Crippen LogP contribution in [0.2, 0.25) is 0 Å². The van der Waals surface area contributed by atoms with Crippen LogP contribution in [0.25, 0.3) is 0 Å². The number of nitriles is 1. The molecule has 1 saturated carbocycles. The van der Waals surface area contributed by atoms with Gasteiger partial charge in [0.15, 0.2) is 0 Å². The fourth-order valence-electron chi connectivity index (χ4n) is 3.57. The summed E-state index contributed by atoms with van der Waals surface area (Å²) >= 11 is 0. The fourth-order valence-corrected chi connectivity index (χ4v) is 3.57. The van der Waals surface area contributed by atoms with Gasteiger partial charge < -0.3 is 14.1 Å². The molecule has 6 heteroatoms. The van der Waals surface area contributed by atoms with Crippen molar-refractivity contribution in [1.82, 2.24) is 0 Å². The van der Waals surface area contributed by atoms with E-state index in [1.165, 1.54) is 12.5 Å². The van der Waals surface area contributed by atoms with E-state index in [0.717, 1.165) is 31.2 Å². The first kappa shape index (κ1) is 16.6. The van der Waals surface area contributed by atoms with E-state index in [-0.39, 0.29) is 11.8 Å². The Morgan fingerprint density at radius 1 is 1.29 bits per heavy atom. The molecule has 2 fully saturated rings. The van der Waals surface area contributed by atoms with E-state index >= 15 is 0 Å². The van der Waals surface area contributed by atoms with E-state index in [1.54, 1.807) is 0 Å². The summed E-state index contributed by atoms with van der Waals surface area (Å²) in [6, 6.07) is 2.32. The van der Waals surface area contributed by atoms with Crippen LogP contribution in [-0.2, 0) is 9.53 Å². The Labute approximate surface area is 142 Å². The molecule has 2 heterocycles. The van der Waals surface area contributed by atoms with Crippen molar-refractivity contribution in [3.05, 3.63) is 23.8 Å². The molecule has 1 aromatic rings. The summed E-state index contributed by atoms with van der Waals surface area (Å²) in [5, 5.41) is 12.5. The molecule has 1 aliphatic heterocycles. The summed E-state index contributed by atoms with van der Waals surface area (Å²) in [5.74, 6) is 0.900. The van der Waals surface area contributed by atoms with Crippen LogP contribution in [0.4, 0.5) is 11.8 Å². The van der Waals surface area contributed by atoms with E-state index in [1.807, 2.05) is 4.90 Å². The standard InChI is InChI=1S/C18H23N3O3/c1-2-15(22)20-17-16(13-6-4-3-5-7-13)14(12-19)18(24-17)21-8-10-23-11-9-21/h2,13H,1,3-11H2,(H,20,22). The number of rotatable bonds is 4. The Morgan fingerprint density at radius 2 is 2.00 bits per heavy atom. The number of furan rings is 1. The molecule has 0 aromatic carbocycles. The molecular formula is C18H23N3O3. The molecule has 2 aliphatic rings. The monoisotopic (exact) mass is 329 g/mol. The van der Waals surface area contributed by atoms with E-state index in [4.69, 9.17) is 9.15 Å². The maximum atomic E-state index is 11.8. The lowest BCUT2D eigenvalue weighted by Crippen LogP contribution is -2.36. The van der Waals surface area contributed by atoms with E-state index in [0.29, 0.717) is 43.6 Å². The van der Waals surface area contributed by atoms with Crippen molar-refractivity contribution in [3.8, 4) is 6.07 Å². The SMILES string of the molecule is C=CC(=O)Nc1oc(N2CCOCC2)c(C#N)c1C1CCCCC1. The molecule has 24 heavy (non-hydrogen) atoms. The third-order valence-corrected chi connectivity index (χ3v) is 4.77. The molecule has 0 atom stereocenters. The number of carbonyl (C=O) groups is 1. The summed E-state index contributed by atoms with van der Waals surface area (Å²) in [7, 11) is 0. The van der Waals surface area contributed by atoms with Crippen molar-refractivity contribution in [3.63, 3.8) is 0 Å². The highest BCUT2D eigenvalue weighted by atomic mass is 16.5. The molecule has 0 bridgehead atoms. The number of morpholine rings is 1. The number of anilines is 2. The molecule has 6 nitrogen and oxygen atoms in total. The van der Waals surface area contributed by atoms with Crippen molar-refractivity contribution < 1.29 is 13.9 Å². The summed E-state index contributed by atoms with van der Waals surface area (Å²) < 4.78 is 11.4. The second kappa shape index (κ2) is 7.54. The summed E-state index contributed by atoms with van der Waals surface area (Å²) in [4.78, 5) is 13.8. The van der Waals surface area contributed by atoms with Crippen molar-refractivity contribution in [2.24, 2.45) is 0 Å². The first-order valence-corrected chi connectivity index (χ1v) is 8.57. The van der Waals surface area contributed by atoms with Crippen LogP contribution in [0.1, 0.15) is 49.1 Å². The van der Waals surface area contributed by atoms with E-state index < -0.39 is 0 Å². The Bertz CT molecular complexity index is 647. The molecule has 3 rings (SSSR count). The lowest BCUT2D eigenvalue weighted by Gasteiger charge is -2.26. The minimum Gasteiger partial charge on any atom is -0.423 e. The van der Waals surface area contributed by atoms with Gasteiger partial charge in [0, 0.05) is 18.7 Å². The summed E-state index contributed by atoms with van der Waals surface area (Å²) in [6.45, 7) is 6.08. The number of hydrogen-bond acceptors (Lipinski definition) is 5. The average molecular weight is 329 g/mol. The summed E-state index contributed by atoms with van der Waals surface area (Å²) in [5.41, 5.74) is 1.41.